The van der Waals surface area contributed by atoms with Gasteiger partial charge in [0.25, 0.3) is 0 Å². The first-order valence-electron chi connectivity index (χ1n) is 9.89. The molecule has 7 heteroatoms. The first-order valence-corrected chi connectivity index (χ1v) is 12.8. The molecule has 4 nitrogen and oxygen atoms in total. The van der Waals surface area contributed by atoms with Crippen LogP contribution in [0.4, 0.5) is 0 Å². The molecule has 0 atom stereocenters. The molecule has 0 bridgehead atoms. The number of carbonyl (C=O) groups is 1. The van der Waals surface area contributed by atoms with Gasteiger partial charge in [0.15, 0.2) is 11.1 Å². The van der Waals surface area contributed by atoms with Crippen molar-refractivity contribution in [2.24, 2.45) is 16.5 Å². The van der Waals surface area contributed by atoms with Crippen LogP contribution in [-0.2, 0) is 4.79 Å². The highest BCUT2D eigenvalue weighted by molar-refractivity contribution is 8.13. The molecule has 0 saturated heterocycles. The lowest BCUT2D eigenvalue weighted by Gasteiger charge is -2.27. The maximum Gasteiger partial charge on any atom is 0.192 e. The quantitative estimate of drug-likeness (QED) is 0.180. The molecule has 0 saturated carbocycles. The Labute approximate surface area is 199 Å². The minimum atomic E-state index is -1.96. The van der Waals surface area contributed by atoms with Gasteiger partial charge in [-0.25, -0.2) is 0 Å². The molecule has 0 aromatic heterocycles. The summed E-state index contributed by atoms with van der Waals surface area (Å²) < 4.78 is 0. The molecule has 0 aliphatic carbocycles. The third-order valence-electron chi connectivity index (χ3n) is 4.89. The summed E-state index contributed by atoms with van der Waals surface area (Å²) in [6.45, 7) is 0.453. The molecule has 0 heterocycles. The number of carbonyl (C=O) groups excluding carboxylic acids is 1. The predicted molar refractivity (Wildman–Crippen MR) is 133 cm³/mol. The zero-order valence-electron chi connectivity index (χ0n) is 17.2. The van der Waals surface area contributed by atoms with Gasteiger partial charge < -0.3 is 28.4 Å². The Morgan fingerprint density at radius 2 is 1.19 bits per heavy atom. The van der Waals surface area contributed by atoms with Crippen molar-refractivity contribution < 1.29 is 21.8 Å². The van der Waals surface area contributed by atoms with Gasteiger partial charge in [-0.2, -0.15) is 0 Å². The number of nitrogens with two attached hydrogens (primary N) is 2. The molecule has 3 rings (SSSR count). The maximum absolute atomic E-state index is 12.7. The van der Waals surface area contributed by atoms with Gasteiger partial charge in [0.2, 0.25) is 0 Å². The van der Waals surface area contributed by atoms with E-state index < -0.39 is 7.26 Å². The molecule has 3 aromatic carbocycles. The number of thioether (sulfide) groups is 1. The van der Waals surface area contributed by atoms with E-state index in [2.05, 4.69) is 77.8 Å². The first kappa shape index (κ1) is 25.1. The average molecular weight is 516 g/mol. The summed E-state index contributed by atoms with van der Waals surface area (Å²) in [7, 11) is -1.96. The van der Waals surface area contributed by atoms with Crippen molar-refractivity contribution in [2.45, 2.75) is 6.42 Å². The Bertz CT molecular complexity index is 871. The summed E-state index contributed by atoms with van der Waals surface area (Å²) in [4.78, 5) is 16.7. The van der Waals surface area contributed by atoms with Crippen molar-refractivity contribution in [3.8, 4) is 0 Å². The zero-order chi connectivity index (χ0) is 21.2. The number of rotatable bonds is 9. The summed E-state index contributed by atoms with van der Waals surface area (Å²) >= 11 is 1.31. The molecule has 0 radical (unpaired) electrons. The molecule has 4 N–H and O–H groups in total. The second kappa shape index (κ2) is 12.7. The second-order valence-electron chi connectivity index (χ2n) is 6.82. The van der Waals surface area contributed by atoms with Gasteiger partial charge in [0.05, 0.1) is 19.1 Å². The second-order valence-corrected chi connectivity index (χ2v) is 11.6. The molecule has 162 valence electrons. The number of halogens is 1. The minimum Gasteiger partial charge on any atom is -1.00 e. The van der Waals surface area contributed by atoms with Crippen LogP contribution in [0.5, 0.6) is 0 Å². The number of nitrogens with zero attached hydrogens (tertiary/aromatic N) is 1. The average Bonchev–Trinajstić information content (AvgIpc) is 2.79. The zero-order valence-corrected chi connectivity index (χ0v) is 20.5. The van der Waals surface area contributed by atoms with Crippen molar-refractivity contribution in [1.82, 2.24) is 0 Å². The van der Waals surface area contributed by atoms with E-state index in [-0.39, 0.29) is 28.1 Å². The van der Waals surface area contributed by atoms with Crippen LogP contribution in [0.15, 0.2) is 96.0 Å². The van der Waals surface area contributed by atoms with Crippen LogP contribution in [0.25, 0.3) is 0 Å². The summed E-state index contributed by atoms with van der Waals surface area (Å²) in [5.74, 6) is 0.648. The third kappa shape index (κ3) is 6.67. The van der Waals surface area contributed by atoms with E-state index in [1.54, 1.807) is 0 Å². The largest absolute Gasteiger partial charge is 1.00 e. The van der Waals surface area contributed by atoms with Gasteiger partial charge in [-0.1, -0.05) is 66.4 Å². The fraction of sp³-hybridized carbons (Fsp3) is 0.167. The summed E-state index contributed by atoms with van der Waals surface area (Å²) in [5, 5.41) is 4.05. The topological polar surface area (TPSA) is 81.5 Å². The van der Waals surface area contributed by atoms with Crippen molar-refractivity contribution >= 4 is 46.0 Å². The maximum atomic E-state index is 12.7. The van der Waals surface area contributed by atoms with Crippen LogP contribution in [0.3, 0.4) is 0 Å². The number of guanidine groups is 1. The highest BCUT2D eigenvalue weighted by Gasteiger charge is 2.45. The standard InChI is InChI=1S/C24H27N3OPS.BrH/c25-24(26)27-17-19-30-23(28)16-18-29(20-10-4-1-5-11-20,21-12-6-2-7-13-21)22-14-8-3-9-15-22;/h1-15H,16-19H2,(H4,25,26,27);1H/q+1;/p-1. The van der Waals surface area contributed by atoms with Gasteiger partial charge in [0, 0.05) is 5.75 Å². The lowest BCUT2D eigenvalue weighted by Crippen LogP contribution is -3.00. The molecule has 0 spiro atoms. The van der Waals surface area contributed by atoms with Gasteiger partial charge in [-0.15, -0.1) is 0 Å². The van der Waals surface area contributed by atoms with Gasteiger partial charge >= 0.3 is 0 Å². The molecular formula is C24H27BrN3OPS. The molecule has 0 aliphatic rings. The van der Waals surface area contributed by atoms with Crippen LogP contribution in [-0.4, -0.2) is 29.5 Å². The molecule has 0 fully saturated rings. The lowest BCUT2D eigenvalue weighted by atomic mass is 10.4. The Balaban J connectivity index is 0.00000341. The Kier molecular flexibility index (Phi) is 10.3. The number of benzene rings is 3. The third-order valence-corrected chi connectivity index (χ3v) is 10.2. The summed E-state index contributed by atoms with van der Waals surface area (Å²) in [6, 6.07) is 31.8. The van der Waals surface area contributed by atoms with Crippen LogP contribution in [0.1, 0.15) is 6.42 Å². The number of hydrogen-bond donors (Lipinski definition) is 2. The Morgan fingerprint density at radius 1 is 0.774 bits per heavy atom. The van der Waals surface area contributed by atoms with E-state index in [1.807, 2.05) is 18.2 Å². The van der Waals surface area contributed by atoms with E-state index in [0.717, 1.165) is 6.16 Å². The smallest absolute Gasteiger partial charge is 0.192 e. The fourth-order valence-electron chi connectivity index (χ4n) is 3.55. The van der Waals surface area contributed by atoms with Crippen molar-refractivity contribution in [3.05, 3.63) is 91.0 Å². The van der Waals surface area contributed by atoms with E-state index in [0.29, 0.717) is 18.7 Å². The van der Waals surface area contributed by atoms with Crippen LogP contribution in [0.2, 0.25) is 0 Å². The molecular weight excluding hydrogens is 489 g/mol. The Morgan fingerprint density at radius 3 is 1.58 bits per heavy atom. The SMILES string of the molecule is NC(N)=NCCSC(=O)CC[P+](c1ccccc1)(c1ccccc1)c1ccccc1.[Br-]. The summed E-state index contributed by atoms with van der Waals surface area (Å²) in [5.41, 5.74) is 10.7. The molecule has 0 unspecified atom stereocenters. The van der Waals surface area contributed by atoms with Gasteiger partial charge in [-0.05, 0) is 36.4 Å². The van der Waals surface area contributed by atoms with Crippen molar-refractivity contribution in [2.75, 3.05) is 18.5 Å². The fourth-order valence-corrected chi connectivity index (χ4v) is 8.61. The lowest BCUT2D eigenvalue weighted by molar-refractivity contribution is -0.110. The van der Waals surface area contributed by atoms with E-state index >= 15 is 0 Å². The predicted octanol–water partition coefficient (Wildman–Crippen LogP) is -0.0922. The van der Waals surface area contributed by atoms with Crippen LogP contribution >= 0.6 is 19.0 Å². The van der Waals surface area contributed by atoms with E-state index in [1.165, 1.54) is 27.7 Å². The first-order chi connectivity index (χ1) is 14.6. The Hall–Kier alpha value is -2.14. The van der Waals surface area contributed by atoms with Crippen molar-refractivity contribution in [3.63, 3.8) is 0 Å². The highest BCUT2D eigenvalue weighted by Crippen LogP contribution is 2.55. The van der Waals surface area contributed by atoms with Crippen LogP contribution in [0, 0.1) is 0 Å². The number of hydrogen-bond acceptors (Lipinski definition) is 3. The minimum absolute atomic E-state index is 0. The molecule has 0 aliphatic heterocycles. The van der Waals surface area contributed by atoms with E-state index in [4.69, 9.17) is 11.5 Å². The van der Waals surface area contributed by atoms with Gasteiger partial charge in [0.1, 0.15) is 23.2 Å². The monoisotopic (exact) mass is 515 g/mol. The molecule has 3 aromatic rings. The molecule has 31 heavy (non-hydrogen) atoms. The van der Waals surface area contributed by atoms with Gasteiger partial charge in [-0.3, -0.25) is 9.79 Å². The number of aliphatic imine (C=N–C) groups is 1. The summed E-state index contributed by atoms with van der Waals surface area (Å²) in [6.07, 6.45) is 1.29. The van der Waals surface area contributed by atoms with E-state index in [9.17, 15) is 4.79 Å². The highest BCUT2D eigenvalue weighted by atomic mass is 79.9. The van der Waals surface area contributed by atoms with Crippen molar-refractivity contribution in [1.29, 1.82) is 0 Å². The molecule has 0 amide bonds. The normalized spacial score (nSPS) is 10.7. The van der Waals surface area contributed by atoms with Crippen LogP contribution < -0.4 is 44.4 Å².